The van der Waals surface area contributed by atoms with Crippen molar-refractivity contribution in [2.75, 3.05) is 18.0 Å². The molecule has 2 aliphatic rings. The zero-order valence-electron chi connectivity index (χ0n) is 18.2. The molecule has 1 aromatic rings. The SMILES string of the molecule is CC(C)(C)OC(=O)N[C@@H]1CCCC[C@H]1N(c1ccc(C#N)cc1F)[C@H]1CCCNC1. The zero-order valence-corrected chi connectivity index (χ0v) is 18.2. The number of amides is 1. The molecule has 3 atom stereocenters. The van der Waals surface area contributed by atoms with Gasteiger partial charge in [0.25, 0.3) is 0 Å². The molecule has 1 amide bonds. The van der Waals surface area contributed by atoms with E-state index >= 15 is 4.39 Å². The molecule has 0 aromatic heterocycles. The number of nitrogens with zero attached hydrogens (tertiary/aromatic N) is 2. The summed E-state index contributed by atoms with van der Waals surface area (Å²) in [6.45, 7) is 7.27. The fourth-order valence-corrected chi connectivity index (χ4v) is 4.57. The van der Waals surface area contributed by atoms with Crippen molar-refractivity contribution < 1.29 is 13.9 Å². The van der Waals surface area contributed by atoms with Gasteiger partial charge in [-0.2, -0.15) is 5.26 Å². The Morgan fingerprint density at radius 2 is 2.03 bits per heavy atom. The number of halogens is 1. The number of rotatable bonds is 4. The van der Waals surface area contributed by atoms with Gasteiger partial charge in [-0.1, -0.05) is 12.8 Å². The number of carbonyl (C=O) groups excluding carboxylic acids is 1. The Labute approximate surface area is 178 Å². The molecule has 1 aliphatic carbocycles. The summed E-state index contributed by atoms with van der Waals surface area (Å²) in [7, 11) is 0. The molecular weight excluding hydrogens is 383 g/mol. The van der Waals surface area contributed by atoms with Gasteiger partial charge in [-0.3, -0.25) is 0 Å². The van der Waals surface area contributed by atoms with Crippen LogP contribution in [0.25, 0.3) is 0 Å². The Kier molecular flexibility index (Phi) is 7.19. The lowest BCUT2D eigenvalue weighted by molar-refractivity contribution is 0.0483. The number of carbonyl (C=O) groups is 1. The Balaban J connectivity index is 1.90. The van der Waals surface area contributed by atoms with Crippen molar-refractivity contribution in [3.63, 3.8) is 0 Å². The van der Waals surface area contributed by atoms with Crippen LogP contribution in [0.3, 0.4) is 0 Å². The van der Waals surface area contributed by atoms with Gasteiger partial charge in [-0.25, -0.2) is 9.18 Å². The molecular formula is C23H33FN4O2. The maximum Gasteiger partial charge on any atom is 0.407 e. The first-order valence-electron chi connectivity index (χ1n) is 11.0. The van der Waals surface area contributed by atoms with Crippen molar-refractivity contribution >= 4 is 11.8 Å². The monoisotopic (exact) mass is 416 g/mol. The second-order valence-electron chi connectivity index (χ2n) is 9.29. The summed E-state index contributed by atoms with van der Waals surface area (Å²) in [4.78, 5) is 14.6. The molecule has 3 rings (SSSR count). The van der Waals surface area contributed by atoms with Gasteiger partial charge < -0.3 is 20.3 Å². The molecule has 1 aliphatic heterocycles. The molecule has 2 fully saturated rings. The van der Waals surface area contributed by atoms with Gasteiger partial charge >= 0.3 is 6.09 Å². The highest BCUT2D eigenvalue weighted by atomic mass is 19.1. The number of alkyl carbamates (subject to hydrolysis) is 1. The zero-order chi connectivity index (χ0) is 21.7. The number of hydrogen-bond acceptors (Lipinski definition) is 5. The number of piperidine rings is 1. The molecule has 1 aromatic carbocycles. The van der Waals surface area contributed by atoms with E-state index in [9.17, 15) is 4.79 Å². The van der Waals surface area contributed by atoms with E-state index in [1.807, 2.05) is 26.8 Å². The Morgan fingerprint density at radius 1 is 1.27 bits per heavy atom. The van der Waals surface area contributed by atoms with Gasteiger partial charge in [0.2, 0.25) is 0 Å². The third-order valence-electron chi connectivity index (χ3n) is 5.81. The van der Waals surface area contributed by atoms with Gasteiger partial charge in [-0.15, -0.1) is 0 Å². The average Bonchev–Trinajstić information content (AvgIpc) is 2.70. The minimum Gasteiger partial charge on any atom is -0.444 e. The molecule has 1 saturated heterocycles. The number of benzene rings is 1. The van der Waals surface area contributed by atoms with Crippen molar-refractivity contribution in [2.24, 2.45) is 0 Å². The van der Waals surface area contributed by atoms with Crippen LogP contribution in [0.15, 0.2) is 18.2 Å². The first kappa shape index (κ1) is 22.4. The lowest BCUT2D eigenvalue weighted by Crippen LogP contribution is -2.59. The summed E-state index contributed by atoms with van der Waals surface area (Å²) in [5.74, 6) is -0.388. The lowest BCUT2D eigenvalue weighted by atomic mass is 9.87. The number of nitrogens with one attached hydrogen (secondary N) is 2. The topological polar surface area (TPSA) is 77.4 Å². The molecule has 0 unspecified atom stereocenters. The molecule has 7 heteroatoms. The summed E-state index contributed by atoms with van der Waals surface area (Å²) in [6, 6.07) is 6.67. The third-order valence-corrected chi connectivity index (χ3v) is 5.81. The lowest BCUT2D eigenvalue weighted by Gasteiger charge is -2.47. The largest absolute Gasteiger partial charge is 0.444 e. The number of ether oxygens (including phenoxy) is 1. The van der Waals surface area contributed by atoms with Crippen LogP contribution in [0.4, 0.5) is 14.9 Å². The second-order valence-corrected chi connectivity index (χ2v) is 9.29. The van der Waals surface area contributed by atoms with E-state index in [1.165, 1.54) is 6.07 Å². The summed E-state index contributed by atoms with van der Waals surface area (Å²) < 4.78 is 20.6. The Hall–Kier alpha value is -2.33. The van der Waals surface area contributed by atoms with E-state index < -0.39 is 11.7 Å². The fraction of sp³-hybridized carbons (Fsp3) is 0.652. The van der Waals surface area contributed by atoms with Crippen LogP contribution < -0.4 is 15.5 Å². The standard InChI is InChI=1S/C23H33FN4O2/c1-23(2,3)30-22(29)27-19-8-4-5-9-21(19)28(17-7-6-12-26-15-17)20-11-10-16(14-25)13-18(20)24/h10-11,13,17,19,21,26H,4-9,12,15H2,1-3H3,(H,27,29)/t17-,19+,21+/m0/s1. The molecule has 30 heavy (non-hydrogen) atoms. The van der Waals surface area contributed by atoms with Crippen LogP contribution in [0, 0.1) is 17.1 Å². The first-order chi connectivity index (χ1) is 14.3. The number of hydrogen-bond donors (Lipinski definition) is 2. The summed E-state index contributed by atoms with van der Waals surface area (Å²) >= 11 is 0. The molecule has 1 heterocycles. The first-order valence-corrected chi connectivity index (χ1v) is 11.0. The van der Waals surface area contributed by atoms with E-state index in [2.05, 4.69) is 15.5 Å². The predicted molar refractivity (Wildman–Crippen MR) is 115 cm³/mol. The van der Waals surface area contributed by atoms with E-state index in [0.29, 0.717) is 11.3 Å². The van der Waals surface area contributed by atoms with Gasteiger partial charge in [0.1, 0.15) is 11.4 Å². The van der Waals surface area contributed by atoms with Gasteiger partial charge in [0, 0.05) is 18.6 Å². The smallest absolute Gasteiger partial charge is 0.407 e. The highest BCUT2D eigenvalue weighted by Crippen LogP contribution is 2.33. The average molecular weight is 417 g/mol. The van der Waals surface area contributed by atoms with E-state index in [-0.39, 0.29) is 23.9 Å². The molecule has 0 radical (unpaired) electrons. The Bertz CT molecular complexity index is 780. The minimum absolute atomic E-state index is 0.0291. The maximum absolute atomic E-state index is 15.1. The normalized spacial score (nSPS) is 24.6. The summed E-state index contributed by atoms with van der Waals surface area (Å²) in [6.07, 6.45) is 5.31. The van der Waals surface area contributed by atoms with Crippen LogP contribution >= 0.6 is 0 Å². The Morgan fingerprint density at radius 3 is 2.67 bits per heavy atom. The highest BCUT2D eigenvalue weighted by Gasteiger charge is 2.37. The van der Waals surface area contributed by atoms with E-state index in [0.717, 1.165) is 51.6 Å². The van der Waals surface area contributed by atoms with Crippen LogP contribution in [0.2, 0.25) is 0 Å². The van der Waals surface area contributed by atoms with E-state index in [1.54, 1.807) is 12.1 Å². The quantitative estimate of drug-likeness (QED) is 0.773. The van der Waals surface area contributed by atoms with Crippen molar-refractivity contribution in [1.82, 2.24) is 10.6 Å². The van der Waals surface area contributed by atoms with E-state index in [4.69, 9.17) is 10.00 Å². The van der Waals surface area contributed by atoms with Crippen molar-refractivity contribution in [1.29, 1.82) is 5.26 Å². The maximum atomic E-state index is 15.1. The van der Waals surface area contributed by atoms with Crippen LogP contribution in [-0.4, -0.2) is 42.9 Å². The number of anilines is 1. The molecule has 1 saturated carbocycles. The summed E-state index contributed by atoms with van der Waals surface area (Å²) in [5.41, 5.74) is 0.246. The number of nitriles is 1. The van der Waals surface area contributed by atoms with Crippen LogP contribution in [0.1, 0.15) is 64.9 Å². The van der Waals surface area contributed by atoms with Crippen molar-refractivity contribution in [3.05, 3.63) is 29.6 Å². The fourth-order valence-electron chi connectivity index (χ4n) is 4.57. The minimum atomic E-state index is -0.569. The summed E-state index contributed by atoms with van der Waals surface area (Å²) in [5, 5.41) is 15.6. The van der Waals surface area contributed by atoms with Crippen molar-refractivity contribution in [2.45, 2.75) is 83.0 Å². The van der Waals surface area contributed by atoms with Gasteiger partial charge in [-0.05, 0) is 71.2 Å². The highest BCUT2D eigenvalue weighted by molar-refractivity contribution is 5.68. The third kappa shape index (κ3) is 5.63. The molecule has 0 spiro atoms. The second kappa shape index (κ2) is 9.65. The van der Waals surface area contributed by atoms with Crippen LogP contribution in [-0.2, 0) is 4.74 Å². The van der Waals surface area contributed by atoms with Gasteiger partial charge in [0.15, 0.2) is 0 Å². The molecule has 6 nitrogen and oxygen atoms in total. The molecule has 164 valence electrons. The predicted octanol–water partition coefficient (Wildman–Crippen LogP) is 4.09. The van der Waals surface area contributed by atoms with Gasteiger partial charge in [0.05, 0.1) is 23.4 Å². The molecule has 2 N–H and O–H groups in total. The van der Waals surface area contributed by atoms with Crippen molar-refractivity contribution in [3.8, 4) is 6.07 Å². The molecule has 0 bridgehead atoms. The van der Waals surface area contributed by atoms with Crippen LogP contribution in [0.5, 0.6) is 0 Å².